The molecule has 0 atom stereocenters. The van der Waals surface area contributed by atoms with Crippen LogP contribution in [0.25, 0.3) is 0 Å². The monoisotopic (exact) mass is 407 g/mol. The number of hydrogen-bond acceptors (Lipinski definition) is 4. The fraction of sp³-hybridized carbons (Fsp3) is 0.316. The van der Waals surface area contributed by atoms with Crippen molar-refractivity contribution in [3.8, 4) is 0 Å². The van der Waals surface area contributed by atoms with E-state index in [1.807, 2.05) is 19.0 Å². The molecule has 2 aromatic carbocycles. The molecule has 0 aromatic heterocycles. The predicted octanol–water partition coefficient (Wildman–Crippen LogP) is 3.44. The minimum absolute atomic E-state index is 0.206. The number of benzene rings is 2. The fourth-order valence-corrected chi connectivity index (χ4v) is 4.98. The van der Waals surface area contributed by atoms with E-state index >= 15 is 0 Å². The summed E-state index contributed by atoms with van der Waals surface area (Å²) in [5.41, 5.74) is 1.67. The standard InChI is InChI=1S/C19H22ClN3O3S/c1-22(2)18-16(20)6-5-7-17(18)21-19(24)14-8-10-15(11-9-14)27(25,26)23-12-3-4-13-23/h5-11H,3-4,12-13H2,1-2H3,(H,21,24). The van der Waals surface area contributed by atoms with E-state index < -0.39 is 10.0 Å². The number of carbonyl (C=O) groups excluding carboxylic acids is 1. The molecular weight excluding hydrogens is 386 g/mol. The van der Waals surface area contributed by atoms with Crippen LogP contribution in [0.3, 0.4) is 0 Å². The number of hydrogen-bond donors (Lipinski definition) is 1. The van der Waals surface area contributed by atoms with Crippen molar-refractivity contribution in [3.05, 3.63) is 53.1 Å². The Balaban J connectivity index is 1.80. The van der Waals surface area contributed by atoms with Gasteiger partial charge in [-0.1, -0.05) is 17.7 Å². The molecule has 1 fully saturated rings. The van der Waals surface area contributed by atoms with Crippen molar-refractivity contribution in [1.29, 1.82) is 0 Å². The van der Waals surface area contributed by atoms with Gasteiger partial charge in [0, 0.05) is 32.7 Å². The van der Waals surface area contributed by atoms with Gasteiger partial charge in [-0.2, -0.15) is 4.31 Å². The van der Waals surface area contributed by atoms with Gasteiger partial charge in [0.05, 0.1) is 21.3 Å². The van der Waals surface area contributed by atoms with Crippen LogP contribution >= 0.6 is 11.6 Å². The molecular formula is C19H22ClN3O3S. The molecule has 6 nitrogen and oxygen atoms in total. The van der Waals surface area contributed by atoms with Crippen molar-refractivity contribution in [2.45, 2.75) is 17.7 Å². The van der Waals surface area contributed by atoms with E-state index in [1.54, 1.807) is 18.2 Å². The highest BCUT2D eigenvalue weighted by molar-refractivity contribution is 7.89. The molecule has 1 N–H and O–H groups in total. The normalized spacial score (nSPS) is 14.9. The highest BCUT2D eigenvalue weighted by atomic mass is 35.5. The maximum atomic E-state index is 12.6. The summed E-state index contributed by atoms with van der Waals surface area (Å²) in [4.78, 5) is 14.6. The van der Waals surface area contributed by atoms with Crippen molar-refractivity contribution < 1.29 is 13.2 Å². The third kappa shape index (κ3) is 4.10. The van der Waals surface area contributed by atoms with Gasteiger partial charge in [-0.05, 0) is 49.2 Å². The lowest BCUT2D eigenvalue weighted by Crippen LogP contribution is -2.27. The first-order valence-corrected chi connectivity index (χ1v) is 10.5. The summed E-state index contributed by atoms with van der Waals surface area (Å²) in [5.74, 6) is -0.328. The molecule has 1 saturated heterocycles. The van der Waals surface area contributed by atoms with Gasteiger partial charge in [0.1, 0.15) is 0 Å². The quantitative estimate of drug-likeness (QED) is 0.824. The van der Waals surface area contributed by atoms with E-state index in [1.165, 1.54) is 28.6 Å². The Bertz CT molecular complexity index is 937. The van der Waals surface area contributed by atoms with Crippen LogP contribution in [0, 0.1) is 0 Å². The van der Waals surface area contributed by atoms with Crippen molar-refractivity contribution in [3.63, 3.8) is 0 Å². The second-order valence-electron chi connectivity index (χ2n) is 6.62. The molecule has 0 bridgehead atoms. The molecule has 0 unspecified atom stereocenters. The van der Waals surface area contributed by atoms with Gasteiger partial charge < -0.3 is 10.2 Å². The van der Waals surface area contributed by atoms with E-state index in [0.29, 0.717) is 35.1 Å². The Labute approximate surface area is 164 Å². The third-order valence-electron chi connectivity index (χ3n) is 4.50. The zero-order valence-corrected chi connectivity index (χ0v) is 16.8. The number of nitrogens with zero attached hydrogens (tertiary/aromatic N) is 2. The van der Waals surface area contributed by atoms with Crippen LogP contribution < -0.4 is 10.2 Å². The van der Waals surface area contributed by atoms with E-state index in [9.17, 15) is 13.2 Å². The lowest BCUT2D eigenvalue weighted by Gasteiger charge is -2.19. The number of anilines is 2. The van der Waals surface area contributed by atoms with Crippen molar-refractivity contribution in [2.24, 2.45) is 0 Å². The van der Waals surface area contributed by atoms with E-state index in [4.69, 9.17) is 11.6 Å². The lowest BCUT2D eigenvalue weighted by molar-refractivity contribution is 0.102. The molecule has 0 radical (unpaired) electrons. The Morgan fingerprint density at radius 3 is 2.30 bits per heavy atom. The fourth-order valence-electron chi connectivity index (χ4n) is 3.12. The molecule has 8 heteroatoms. The second-order valence-corrected chi connectivity index (χ2v) is 8.97. The smallest absolute Gasteiger partial charge is 0.255 e. The Morgan fingerprint density at radius 2 is 1.70 bits per heavy atom. The van der Waals surface area contributed by atoms with E-state index in [2.05, 4.69) is 5.32 Å². The van der Waals surface area contributed by atoms with Gasteiger partial charge in [-0.3, -0.25) is 4.79 Å². The molecule has 1 aliphatic rings. The Morgan fingerprint density at radius 1 is 1.07 bits per heavy atom. The maximum Gasteiger partial charge on any atom is 0.255 e. The number of sulfonamides is 1. The van der Waals surface area contributed by atoms with Gasteiger partial charge in [-0.15, -0.1) is 0 Å². The zero-order valence-electron chi connectivity index (χ0n) is 15.3. The van der Waals surface area contributed by atoms with Crippen molar-refractivity contribution in [2.75, 3.05) is 37.4 Å². The van der Waals surface area contributed by atoms with E-state index in [0.717, 1.165) is 12.8 Å². The van der Waals surface area contributed by atoms with Crippen LogP contribution in [-0.4, -0.2) is 45.8 Å². The minimum Gasteiger partial charge on any atom is -0.375 e. The SMILES string of the molecule is CN(C)c1c(Cl)cccc1NC(=O)c1ccc(S(=O)(=O)N2CCCC2)cc1. The first-order chi connectivity index (χ1) is 12.8. The van der Waals surface area contributed by atoms with Gasteiger partial charge in [0.15, 0.2) is 0 Å². The number of carbonyl (C=O) groups is 1. The average Bonchev–Trinajstić information content (AvgIpc) is 3.17. The van der Waals surface area contributed by atoms with Gasteiger partial charge in [-0.25, -0.2) is 8.42 Å². The van der Waals surface area contributed by atoms with Crippen LogP contribution in [0.4, 0.5) is 11.4 Å². The largest absolute Gasteiger partial charge is 0.375 e. The van der Waals surface area contributed by atoms with Crippen LogP contribution in [0.15, 0.2) is 47.4 Å². The average molecular weight is 408 g/mol. The van der Waals surface area contributed by atoms with Crippen LogP contribution in [0.1, 0.15) is 23.2 Å². The predicted molar refractivity (Wildman–Crippen MR) is 108 cm³/mol. The molecule has 0 aliphatic carbocycles. The third-order valence-corrected chi connectivity index (χ3v) is 6.72. The minimum atomic E-state index is -3.49. The molecule has 0 spiro atoms. The first-order valence-electron chi connectivity index (χ1n) is 8.68. The molecule has 0 saturated carbocycles. The summed E-state index contributed by atoms with van der Waals surface area (Å²) < 4.78 is 26.6. The lowest BCUT2D eigenvalue weighted by atomic mass is 10.2. The van der Waals surface area contributed by atoms with Gasteiger partial charge in [0.2, 0.25) is 10.0 Å². The summed E-state index contributed by atoms with van der Waals surface area (Å²) >= 11 is 6.22. The van der Waals surface area contributed by atoms with Crippen molar-refractivity contribution >= 4 is 38.9 Å². The summed E-state index contributed by atoms with van der Waals surface area (Å²) in [7, 11) is 0.198. The number of halogens is 1. The number of rotatable bonds is 5. The molecule has 3 rings (SSSR count). The molecule has 1 heterocycles. The van der Waals surface area contributed by atoms with Crippen LogP contribution in [-0.2, 0) is 10.0 Å². The molecule has 1 aliphatic heterocycles. The second kappa shape index (κ2) is 7.88. The van der Waals surface area contributed by atoms with Crippen LogP contribution in [0.2, 0.25) is 5.02 Å². The Hall–Kier alpha value is -2.09. The molecule has 1 amide bonds. The highest BCUT2D eigenvalue weighted by Crippen LogP contribution is 2.32. The molecule has 144 valence electrons. The van der Waals surface area contributed by atoms with Crippen LogP contribution in [0.5, 0.6) is 0 Å². The number of para-hydroxylation sites is 1. The van der Waals surface area contributed by atoms with Gasteiger partial charge in [0.25, 0.3) is 5.91 Å². The summed E-state index contributed by atoms with van der Waals surface area (Å²) in [6.07, 6.45) is 1.77. The zero-order chi connectivity index (χ0) is 19.6. The van der Waals surface area contributed by atoms with E-state index in [-0.39, 0.29) is 10.8 Å². The Kier molecular flexibility index (Phi) is 5.74. The molecule has 2 aromatic rings. The van der Waals surface area contributed by atoms with Crippen molar-refractivity contribution in [1.82, 2.24) is 4.31 Å². The highest BCUT2D eigenvalue weighted by Gasteiger charge is 2.27. The first kappa shape index (κ1) is 19.7. The summed E-state index contributed by atoms with van der Waals surface area (Å²) in [6.45, 7) is 1.10. The summed E-state index contributed by atoms with van der Waals surface area (Å²) in [5, 5.41) is 3.37. The number of nitrogens with one attached hydrogen (secondary N) is 1. The summed E-state index contributed by atoms with van der Waals surface area (Å²) in [6, 6.07) is 11.3. The number of amides is 1. The maximum absolute atomic E-state index is 12.6. The molecule has 27 heavy (non-hydrogen) atoms. The topological polar surface area (TPSA) is 69.7 Å². The van der Waals surface area contributed by atoms with Gasteiger partial charge >= 0.3 is 0 Å².